The molecule has 1 saturated carbocycles. The van der Waals surface area contributed by atoms with E-state index in [1.807, 2.05) is 0 Å². The third-order valence-electron chi connectivity index (χ3n) is 4.20. The topological polar surface area (TPSA) is 15.3 Å². The number of hydrogen-bond donors (Lipinski definition) is 1. The molecule has 0 spiro atoms. The van der Waals surface area contributed by atoms with Gasteiger partial charge in [-0.25, -0.2) is 0 Å². The Labute approximate surface area is 135 Å². The highest BCUT2D eigenvalue weighted by Gasteiger charge is 2.36. The number of piperazine rings is 1. The maximum atomic E-state index is 3.46. The zero-order valence-corrected chi connectivity index (χ0v) is 14.0. The van der Waals surface area contributed by atoms with E-state index in [1.165, 1.54) is 37.1 Å². The molecule has 0 bridgehead atoms. The highest BCUT2D eigenvalue weighted by atomic mass is 35.5. The molecule has 1 aromatic rings. The van der Waals surface area contributed by atoms with Gasteiger partial charge in [0.25, 0.3) is 0 Å². The van der Waals surface area contributed by atoms with Crippen molar-refractivity contribution in [2.75, 3.05) is 26.2 Å². The molecule has 1 aliphatic heterocycles. The van der Waals surface area contributed by atoms with Crippen molar-refractivity contribution in [1.29, 1.82) is 0 Å². The molecule has 114 valence electrons. The van der Waals surface area contributed by atoms with Crippen molar-refractivity contribution in [3.63, 3.8) is 0 Å². The van der Waals surface area contributed by atoms with E-state index in [-0.39, 0.29) is 24.8 Å². The minimum absolute atomic E-state index is 0. The van der Waals surface area contributed by atoms with Gasteiger partial charge in [0, 0.05) is 32.2 Å². The summed E-state index contributed by atoms with van der Waals surface area (Å²) >= 11 is 0. The second-order valence-corrected chi connectivity index (χ2v) is 5.99. The summed E-state index contributed by atoms with van der Waals surface area (Å²) in [4.78, 5) is 2.70. The highest BCUT2D eigenvalue weighted by molar-refractivity contribution is 5.85. The Balaban J connectivity index is 0.000001000. The molecule has 0 aromatic heterocycles. The van der Waals surface area contributed by atoms with E-state index >= 15 is 0 Å². The van der Waals surface area contributed by atoms with Crippen LogP contribution in [0.5, 0.6) is 0 Å². The molecule has 1 aliphatic carbocycles. The van der Waals surface area contributed by atoms with E-state index in [0.717, 1.165) is 19.0 Å². The fraction of sp³-hybridized carbons (Fsp3) is 0.625. The minimum atomic E-state index is 0. The molecule has 3 rings (SSSR count). The summed E-state index contributed by atoms with van der Waals surface area (Å²) in [6.07, 6.45) is 2.84. The third-order valence-corrected chi connectivity index (χ3v) is 4.20. The van der Waals surface area contributed by atoms with Gasteiger partial charge < -0.3 is 5.32 Å². The van der Waals surface area contributed by atoms with Crippen LogP contribution < -0.4 is 5.32 Å². The van der Waals surface area contributed by atoms with E-state index < -0.39 is 0 Å². The molecular weight excluding hydrogens is 291 g/mol. The van der Waals surface area contributed by atoms with E-state index in [4.69, 9.17) is 0 Å². The van der Waals surface area contributed by atoms with Crippen molar-refractivity contribution in [3.8, 4) is 0 Å². The van der Waals surface area contributed by atoms with Crippen LogP contribution in [-0.4, -0.2) is 31.1 Å². The summed E-state index contributed by atoms with van der Waals surface area (Å²) in [6.45, 7) is 9.14. The first-order chi connectivity index (χ1) is 8.74. The van der Waals surface area contributed by atoms with Gasteiger partial charge in [0.2, 0.25) is 0 Å². The molecule has 4 heteroatoms. The normalized spacial score (nSPS) is 20.7. The van der Waals surface area contributed by atoms with Gasteiger partial charge in [0.1, 0.15) is 0 Å². The van der Waals surface area contributed by atoms with E-state index in [2.05, 4.69) is 42.3 Å². The Kier molecular flexibility index (Phi) is 6.80. The third kappa shape index (κ3) is 4.11. The molecule has 1 N–H and O–H groups in total. The quantitative estimate of drug-likeness (QED) is 0.918. The molecule has 1 aromatic carbocycles. The van der Waals surface area contributed by atoms with Gasteiger partial charge in [-0.3, -0.25) is 4.90 Å². The number of benzene rings is 1. The SMILES string of the molecule is Cc1cc(C)cc([C@@H](C2CC2)N2CCNCC2)c1.Cl.Cl. The van der Waals surface area contributed by atoms with Crippen LogP contribution in [0.2, 0.25) is 0 Å². The fourth-order valence-corrected chi connectivity index (χ4v) is 3.33. The standard InChI is InChI=1S/C16H24N2.2ClH/c1-12-9-13(2)11-15(10-12)16(14-3-4-14)18-7-5-17-6-8-18;;/h9-11,14,16-17H,3-8H2,1-2H3;2*1H/t16-;;/m1../s1. The van der Waals surface area contributed by atoms with Crippen LogP contribution >= 0.6 is 24.8 Å². The van der Waals surface area contributed by atoms with Crippen molar-refractivity contribution in [1.82, 2.24) is 10.2 Å². The number of nitrogens with one attached hydrogen (secondary N) is 1. The molecule has 2 nitrogen and oxygen atoms in total. The summed E-state index contributed by atoms with van der Waals surface area (Å²) < 4.78 is 0. The molecule has 20 heavy (non-hydrogen) atoms. The molecule has 0 unspecified atom stereocenters. The first-order valence-electron chi connectivity index (χ1n) is 7.27. The Morgan fingerprint density at radius 2 is 1.55 bits per heavy atom. The zero-order valence-electron chi connectivity index (χ0n) is 12.4. The molecule has 2 aliphatic rings. The van der Waals surface area contributed by atoms with Crippen LogP contribution in [0.15, 0.2) is 18.2 Å². The minimum Gasteiger partial charge on any atom is -0.314 e. The molecular formula is C16H26Cl2N2. The number of halogens is 2. The lowest BCUT2D eigenvalue weighted by Gasteiger charge is -2.35. The maximum absolute atomic E-state index is 3.46. The number of nitrogens with zero attached hydrogens (tertiary/aromatic N) is 1. The average molecular weight is 317 g/mol. The van der Waals surface area contributed by atoms with Gasteiger partial charge in [-0.1, -0.05) is 29.3 Å². The Morgan fingerprint density at radius 3 is 2.05 bits per heavy atom. The first-order valence-corrected chi connectivity index (χ1v) is 7.27. The lowest BCUT2D eigenvalue weighted by Crippen LogP contribution is -2.45. The van der Waals surface area contributed by atoms with Crippen LogP contribution in [0.4, 0.5) is 0 Å². The van der Waals surface area contributed by atoms with Gasteiger partial charge in [0.15, 0.2) is 0 Å². The predicted molar refractivity (Wildman–Crippen MR) is 90.3 cm³/mol. The van der Waals surface area contributed by atoms with Crippen molar-refractivity contribution in [3.05, 3.63) is 34.9 Å². The van der Waals surface area contributed by atoms with Gasteiger partial charge >= 0.3 is 0 Å². The summed E-state index contributed by atoms with van der Waals surface area (Å²) in [5.41, 5.74) is 4.37. The van der Waals surface area contributed by atoms with Crippen molar-refractivity contribution < 1.29 is 0 Å². The summed E-state index contributed by atoms with van der Waals surface area (Å²) in [5.74, 6) is 0.907. The van der Waals surface area contributed by atoms with E-state index in [0.29, 0.717) is 6.04 Å². The van der Waals surface area contributed by atoms with Gasteiger partial charge in [-0.05, 0) is 38.2 Å². The Morgan fingerprint density at radius 1 is 1.00 bits per heavy atom. The maximum Gasteiger partial charge on any atom is 0.0377 e. The monoisotopic (exact) mass is 316 g/mol. The molecule has 1 heterocycles. The Bertz CT molecular complexity index is 406. The second kappa shape index (κ2) is 7.65. The van der Waals surface area contributed by atoms with Crippen LogP contribution in [0.3, 0.4) is 0 Å². The van der Waals surface area contributed by atoms with Gasteiger partial charge in [-0.15, -0.1) is 24.8 Å². The van der Waals surface area contributed by atoms with Crippen LogP contribution in [0.25, 0.3) is 0 Å². The number of rotatable bonds is 3. The van der Waals surface area contributed by atoms with Crippen LogP contribution in [-0.2, 0) is 0 Å². The van der Waals surface area contributed by atoms with E-state index in [9.17, 15) is 0 Å². The van der Waals surface area contributed by atoms with Crippen molar-refractivity contribution in [2.45, 2.75) is 32.7 Å². The summed E-state index contributed by atoms with van der Waals surface area (Å²) in [6, 6.07) is 7.76. The average Bonchev–Trinajstić information content (AvgIpc) is 3.14. The molecule has 1 atom stereocenters. The molecule has 0 amide bonds. The zero-order chi connectivity index (χ0) is 12.5. The first kappa shape index (κ1) is 17.8. The van der Waals surface area contributed by atoms with Gasteiger partial charge in [0.05, 0.1) is 0 Å². The van der Waals surface area contributed by atoms with Crippen molar-refractivity contribution >= 4 is 24.8 Å². The number of aryl methyl sites for hydroxylation is 2. The predicted octanol–water partition coefficient (Wildman–Crippen LogP) is 3.50. The second-order valence-electron chi connectivity index (χ2n) is 5.99. The van der Waals surface area contributed by atoms with Crippen molar-refractivity contribution in [2.24, 2.45) is 5.92 Å². The van der Waals surface area contributed by atoms with Gasteiger partial charge in [-0.2, -0.15) is 0 Å². The smallest absolute Gasteiger partial charge is 0.0377 e. The Hall–Kier alpha value is -0.280. The van der Waals surface area contributed by atoms with E-state index in [1.54, 1.807) is 5.56 Å². The van der Waals surface area contributed by atoms with Crippen LogP contribution in [0.1, 0.15) is 35.6 Å². The largest absolute Gasteiger partial charge is 0.314 e. The molecule has 1 saturated heterocycles. The molecule has 0 radical (unpaired) electrons. The lowest BCUT2D eigenvalue weighted by molar-refractivity contribution is 0.156. The lowest BCUT2D eigenvalue weighted by atomic mass is 9.96. The van der Waals surface area contributed by atoms with Crippen LogP contribution in [0, 0.1) is 19.8 Å². The summed E-state index contributed by atoms with van der Waals surface area (Å²) in [5, 5.41) is 3.46. The highest BCUT2D eigenvalue weighted by Crippen LogP contribution is 2.44. The molecule has 2 fully saturated rings. The number of hydrogen-bond acceptors (Lipinski definition) is 2. The fourth-order valence-electron chi connectivity index (χ4n) is 3.33. The summed E-state index contributed by atoms with van der Waals surface area (Å²) in [7, 11) is 0.